The number of rotatable bonds is 3. The second-order valence-electron chi connectivity index (χ2n) is 4.80. The first-order chi connectivity index (χ1) is 7.60. The van der Waals surface area contributed by atoms with E-state index in [0.29, 0.717) is 5.92 Å². The van der Waals surface area contributed by atoms with Crippen molar-refractivity contribution in [3.63, 3.8) is 0 Å². The average molecular weight is 221 g/mol. The zero-order chi connectivity index (χ0) is 11.9. The number of nitrogens with zero attached hydrogens (tertiary/aromatic N) is 2. The fourth-order valence-electron chi connectivity index (χ4n) is 3.64. The first-order valence-electron chi connectivity index (χ1n) is 5.52. The number of ether oxygens (including phenoxy) is 1. The highest BCUT2D eigenvalue weighted by atomic mass is 16.5. The van der Waals surface area contributed by atoms with Crippen LogP contribution in [-0.4, -0.2) is 18.3 Å². The number of allylic oxidation sites excluding steroid dienone is 1. The van der Waals surface area contributed by atoms with Crippen LogP contribution in [0.3, 0.4) is 0 Å². The Morgan fingerprint density at radius 1 is 1.62 bits per heavy atom. The summed E-state index contributed by atoms with van der Waals surface area (Å²) < 4.78 is 5.45. The van der Waals surface area contributed by atoms with Gasteiger partial charge in [0.2, 0.25) is 5.39 Å². The minimum Gasteiger partial charge on any atom is -0.505 e. The van der Waals surface area contributed by atoms with E-state index in [0.717, 1.165) is 24.6 Å². The number of hydrogen-bond donors (Lipinski definition) is 1. The molecule has 4 nitrogen and oxygen atoms in total. The average Bonchev–Trinajstić information content (AvgIpc) is 2.78. The second-order valence-corrected chi connectivity index (χ2v) is 4.80. The van der Waals surface area contributed by atoms with Crippen molar-refractivity contribution in [3.05, 3.63) is 29.1 Å². The van der Waals surface area contributed by atoms with E-state index in [9.17, 15) is 5.11 Å². The van der Waals surface area contributed by atoms with Crippen LogP contribution in [-0.2, 0) is 4.74 Å². The summed E-state index contributed by atoms with van der Waals surface area (Å²) in [5, 5.41) is 18.6. The molecule has 0 aromatic heterocycles. The first kappa shape index (κ1) is 11.2. The highest BCUT2D eigenvalue weighted by Crippen LogP contribution is 2.74. The van der Waals surface area contributed by atoms with E-state index >= 15 is 0 Å². The largest absolute Gasteiger partial charge is 0.505 e. The van der Waals surface area contributed by atoms with Crippen molar-refractivity contribution in [3.8, 4) is 0 Å². The molecule has 0 aliphatic heterocycles. The Morgan fingerprint density at radius 2 is 2.31 bits per heavy atom. The predicted molar refractivity (Wildman–Crippen MR) is 60.1 cm³/mol. The van der Waals surface area contributed by atoms with Crippen molar-refractivity contribution >= 4 is 0 Å². The molecule has 16 heavy (non-hydrogen) atoms. The van der Waals surface area contributed by atoms with Gasteiger partial charge in [-0.25, -0.2) is 0 Å². The number of hydrogen-bond acceptors (Lipinski definition) is 3. The summed E-state index contributed by atoms with van der Waals surface area (Å²) in [6.45, 7) is 5.94. The van der Waals surface area contributed by atoms with E-state index in [1.807, 2.05) is 6.92 Å². The normalized spacial score (nSPS) is 41.3. The van der Waals surface area contributed by atoms with Crippen LogP contribution < -0.4 is 0 Å². The van der Waals surface area contributed by atoms with Gasteiger partial charge in [0.1, 0.15) is 0 Å². The van der Waals surface area contributed by atoms with Crippen LogP contribution in [0.1, 0.15) is 19.8 Å². The smallest absolute Gasteiger partial charge is 0.388 e. The maximum absolute atomic E-state index is 10.1. The van der Waals surface area contributed by atoms with Gasteiger partial charge in [0.25, 0.3) is 0 Å². The van der Waals surface area contributed by atoms with E-state index in [1.54, 1.807) is 7.11 Å². The standard InChI is InChI=1S/C12H16N2O2/c1-7(2)11-8-4-5-10(16-3)12(8,11)9(15)6-14-13/h6,8,10-11H,1,4-5H2,2-3H3/p+1/b9-6-/t8-,10-,11-,12-/m0/s1. The van der Waals surface area contributed by atoms with Crippen molar-refractivity contribution in [2.45, 2.75) is 25.9 Å². The highest BCUT2D eigenvalue weighted by Gasteiger charge is 2.75. The van der Waals surface area contributed by atoms with Gasteiger partial charge in [-0.3, -0.25) is 0 Å². The molecule has 4 atom stereocenters. The molecule has 4 heteroatoms. The fraction of sp³-hybridized carbons (Fsp3) is 0.667. The Morgan fingerprint density at radius 3 is 2.75 bits per heavy atom. The molecule has 2 aliphatic carbocycles. The van der Waals surface area contributed by atoms with Gasteiger partial charge in [-0.2, -0.15) is 0 Å². The fourth-order valence-corrected chi connectivity index (χ4v) is 3.64. The van der Waals surface area contributed by atoms with Gasteiger partial charge in [0.05, 0.1) is 11.5 Å². The van der Waals surface area contributed by atoms with Gasteiger partial charge in [0.15, 0.2) is 10.7 Å². The summed E-state index contributed by atoms with van der Waals surface area (Å²) in [6.07, 6.45) is 3.08. The van der Waals surface area contributed by atoms with Gasteiger partial charge in [-0.1, -0.05) is 12.2 Å². The molecule has 2 fully saturated rings. The summed E-state index contributed by atoms with van der Waals surface area (Å²) in [7, 11) is 1.66. The van der Waals surface area contributed by atoms with Crippen LogP contribution in [0.25, 0.3) is 4.98 Å². The quantitative estimate of drug-likeness (QED) is 0.453. The number of methoxy groups -OCH3 is 1. The van der Waals surface area contributed by atoms with Crippen molar-refractivity contribution in [2.75, 3.05) is 7.11 Å². The van der Waals surface area contributed by atoms with Gasteiger partial charge < -0.3 is 9.84 Å². The Kier molecular flexibility index (Phi) is 2.51. The molecule has 0 unspecified atom stereocenters. The van der Waals surface area contributed by atoms with E-state index in [-0.39, 0.29) is 23.2 Å². The SMILES string of the molecule is C=C(C)[C@H]1[C@@H]2CC[C@H](OC)[C@@]21/C(O)=C/[N+]#N. The molecule has 0 radical (unpaired) electrons. The third-order valence-corrected chi connectivity index (χ3v) is 4.13. The molecule has 2 rings (SSSR count). The van der Waals surface area contributed by atoms with Gasteiger partial charge in [0, 0.05) is 7.11 Å². The zero-order valence-corrected chi connectivity index (χ0v) is 9.68. The summed E-state index contributed by atoms with van der Waals surface area (Å²) in [6, 6.07) is 0. The number of aliphatic hydroxyl groups excluding tert-OH is 1. The number of fused-ring (bicyclic) bond motifs is 1. The minimum atomic E-state index is -0.382. The highest BCUT2D eigenvalue weighted by molar-refractivity contribution is 5.37. The molecule has 0 aromatic rings. The molecule has 0 spiro atoms. The van der Waals surface area contributed by atoms with Crippen molar-refractivity contribution in [2.24, 2.45) is 17.3 Å². The topological polar surface area (TPSA) is 57.6 Å². The van der Waals surface area contributed by atoms with E-state index < -0.39 is 0 Å². The first-order valence-corrected chi connectivity index (χ1v) is 5.52. The third kappa shape index (κ3) is 1.15. The summed E-state index contributed by atoms with van der Waals surface area (Å²) in [5.74, 6) is 0.759. The second kappa shape index (κ2) is 3.60. The molecule has 0 heterocycles. The molecule has 0 amide bonds. The molecule has 1 N–H and O–H groups in total. The molecular weight excluding hydrogens is 204 g/mol. The molecule has 0 aromatic carbocycles. The Bertz CT molecular complexity index is 396. The summed E-state index contributed by atoms with van der Waals surface area (Å²) in [4.78, 5) is 2.92. The predicted octanol–water partition coefficient (Wildman–Crippen LogP) is 2.86. The molecule has 86 valence electrons. The van der Waals surface area contributed by atoms with E-state index in [4.69, 9.17) is 10.1 Å². The molecular formula is C12H17N2O2+. The Labute approximate surface area is 95.2 Å². The maximum atomic E-state index is 10.1. The van der Waals surface area contributed by atoms with Crippen LogP contribution in [0.2, 0.25) is 0 Å². The lowest BCUT2D eigenvalue weighted by Gasteiger charge is -2.22. The maximum Gasteiger partial charge on any atom is 0.388 e. The molecule has 2 saturated carbocycles. The summed E-state index contributed by atoms with van der Waals surface area (Å²) in [5.41, 5.74) is 0.678. The lowest BCUT2D eigenvalue weighted by Crippen LogP contribution is -2.26. The molecule has 2 aliphatic rings. The van der Waals surface area contributed by atoms with Crippen molar-refractivity contribution in [1.82, 2.24) is 0 Å². The van der Waals surface area contributed by atoms with Crippen molar-refractivity contribution < 1.29 is 9.84 Å². The van der Waals surface area contributed by atoms with Gasteiger partial charge >= 0.3 is 6.20 Å². The van der Waals surface area contributed by atoms with Gasteiger partial charge in [-0.05, 0) is 31.6 Å². The van der Waals surface area contributed by atoms with E-state index in [1.165, 1.54) is 0 Å². The monoisotopic (exact) mass is 221 g/mol. The van der Waals surface area contributed by atoms with Crippen LogP contribution in [0, 0.1) is 22.6 Å². The minimum absolute atomic E-state index is 0.00259. The van der Waals surface area contributed by atoms with Crippen LogP contribution in [0.4, 0.5) is 0 Å². The van der Waals surface area contributed by atoms with Crippen LogP contribution in [0.5, 0.6) is 0 Å². The summed E-state index contributed by atoms with van der Waals surface area (Å²) >= 11 is 0. The Balaban J connectivity index is 2.37. The van der Waals surface area contributed by atoms with Crippen LogP contribution >= 0.6 is 0 Å². The lowest BCUT2D eigenvalue weighted by atomic mass is 9.91. The number of aliphatic hydroxyl groups is 1. The van der Waals surface area contributed by atoms with Crippen LogP contribution in [0.15, 0.2) is 24.1 Å². The lowest BCUT2D eigenvalue weighted by molar-refractivity contribution is 0.0405. The third-order valence-electron chi connectivity index (χ3n) is 4.13. The Hall–Kier alpha value is -1.34. The molecule has 0 saturated heterocycles. The van der Waals surface area contributed by atoms with Crippen molar-refractivity contribution in [1.29, 1.82) is 5.39 Å². The molecule has 0 bridgehead atoms. The van der Waals surface area contributed by atoms with E-state index in [2.05, 4.69) is 11.6 Å². The zero-order valence-electron chi connectivity index (χ0n) is 9.68. The van der Waals surface area contributed by atoms with Gasteiger partial charge in [-0.15, -0.1) is 0 Å². The number of diazo groups is 1.